The lowest BCUT2D eigenvalue weighted by Gasteiger charge is -2.36. The Morgan fingerprint density at radius 1 is 1.12 bits per heavy atom. The third-order valence-corrected chi connectivity index (χ3v) is 7.50. The van der Waals surface area contributed by atoms with E-state index in [0.717, 1.165) is 77.8 Å². The first-order valence-corrected chi connectivity index (χ1v) is 12.3. The fourth-order valence-corrected chi connectivity index (χ4v) is 5.62. The number of carbonyl (C=O) groups excluding carboxylic acids is 1. The van der Waals surface area contributed by atoms with Gasteiger partial charge < -0.3 is 20.1 Å². The largest absolute Gasteiger partial charge is 0.454 e. The second-order valence-electron chi connectivity index (χ2n) is 8.49. The molecule has 0 aliphatic carbocycles. The van der Waals surface area contributed by atoms with Crippen molar-refractivity contribution >= 4 is 38.1 Å². The highest BCUT2D eigenvalue weighted by Gasteiger charge is 2.24. The fraction of sp³-hybridized carbons (Fsp3) is 0.360. The molecule has 1 fully saturated rings. The number of carbonyl (C=O) groups is 1. The topological polar surface area (TPSA) is 95.1 Å². The Morgan fingerprint density at radius 3 is 2.76 bits per heavy atom. The fourth-order valence-electron chi connectivity index (χ4n) is 4.54. The van der Waals surface area contributed by atoms with E-state index in [1.54, 1.807) is 11.0 Å². The van der Waals surface area contributed by atoms with Crippen LogP contribution in [0.4, 0.5) is 15.5 Å². The quantitative estimate of drug-likeness (QED) is 0.517. The van der Waals surface area contributed by atoms with Gasteiger partial charge in [-0.15, -0.1) is 11.3 Å². The van der Waals surface area contributed by atoms with Crippen LogP contribution in [-0.4, -0.2) is 57.0 Å². The lowest BCUT2D eigenvalue weighted by Crippen LogP contribution is -2.46. The number of piperazine rings is 1. The molecule has 8 nitrogen and oxygen atoms in total. The molecule has 1 saturated heterocycles. The van der Waals surface area contributed by atoms with Gasteiger partial charge >= 0.3 is 6.03 Å². The van der Waals surface area contributed by atoms with Crippen molar-refractivity contribution in [1.29, 1.82) is 5.26 Å². The lowest BCUT2D eigenvalue weighted by atomic mass is 10.2. The number of hydrogen-bond acceptors (Lipinski definition) is 7. The van der Waals surface area contributed by atoms with Gasteiger partial charge in [0.25, 0.3) is 0 Å². The summed E-state index contributed by atoms with van der Waals surface area (Å²) in [4.78, 5) is 18.6. The highest BCUT2D eigenvalue weighted by molar-refractivity contribution is 7.23. The van der Waals surface area contributed by atoms with Gasteiger partial charge in [-0.3, -0.25) is 9.80 Å². The van der Waals surface area contributed by atoms with Crippen molar-refractivity contribution in [3.8, 4) is 17.6 Å². The first-order valence-electron chi connectivity index (χ1n) is 11.5. The van der Waals surface area contributed by atoms with E-state index in [1.807, 2.05) is 30.3 Å². The van der Waals surface area contributed by atoms with Crippen LogP contribution in [0.1, 0.15) is 18.4 Å². The molecule has 0 spiro atoms. The molecule has 0 bridgehead atoms. The maximum absolute atomic E-state index is 12.1. The number of ether oxygens (including phenoxy) is 2. The van der Waals surface area contributed by atoms with Gasteiger partial charge in [0.05, 0.1) is 17.3 Å². The summed E-state index contributed by atoms with van der Waals surface area (Å²) in [6.07, 6.45) is 1.86. The average molecular weight is 478 g/mol. The zero-order valence-electron chi connectivity index (χ0n) is 18.9. The number of thiophene rings is 1. The monoisotopic (exact) mass is 477 g/mol. The molecule has 2 aliphatic heterocycles. The maximum atomic E-state index is 12.1. The summed E-state index contributed by atoms with van der Waals surface area (Å²) in [5, 5.41) is 10.9. The number of rotatable bonds is 7. The molecule has 0 radical (unpaired) electrons. The van der Waals surface area contributed by atoms with Gasteiger partial charge in [-0.2, -0.15) is 5.26 Å². The number of anilines is 2. The minimum Gasteiger partial charge on any atom is -0.454 e. The molecule has 2 aliphatic rings. The van der Waals surface area contributed by atoms with E-state index in [0.29, 0.717) is 12.1 Å². The van der Waals surface area contributed by atoms with Crippen molar-refractivity contribution in [1.82, 2.24) is 4.90 Å². The van der Waals surface area contributed by atoms with Gasteiger partial charge in [-0.25, -0.2) is 4.79 Å². The van der Waals surface area contributed by atoms with Crippen LogP contribution in [0.15, 0.2) is 42.5 Å². The molecule has 2 amide bonds. The Balaban J connectivity index is 1.11. The number of urea groups is 1. The van der Waals surface area contributed by atoms with Gasteiger partial charge in [-0.05, 0) is 61.2 Å². The second kappa shape index (κ2) is 9.79. The molecule has 0 unspecified atom stereocenters. The average Bonchev–Trinajstić information content (AvgIpc) is 3.50. The number of unbranched alkanes of at least 4 members (excludes halogenated alkanes) is 1. The molecule has 5 rings (SSSR count). The molecular weight excluding hydrogens is 450 g/mol. The minimum absolute atomic E-state index is 0.289. The molecule has 3 aromatic rings. The number of nitrogens with two attached hydrogens (primary N) is 1. The normalized spacial score (nSPS) is 15.4. The number of fused-ring (bicyclic) bond motifs is 2. The van der Waals surface area contributed by atoms with E-state index in [1.165, 1.54) is 11.3 Å². The number of benzene rings is 2. The van der Waals surface area contributed by atoms with Crippen molar-refractivity contribution < 1.29 is 14.3 Å². The van der Waals surface area contributed by atoms with Crippen LogP contribution < -0.4 is 25.0 Å². The Kier molecular flexibility index (Phi) is 6.43. The first kappa shape index (κ1) is 22.3. The molecule has 2 aromatic carbocycles. The summed E-state index contributed by atoms with van der Waals surface area (Å²) >= 11 is 1.53. The standard InChI is InChI=1S/C25H27N5O3S/c26-16-18-6-7-22-19(14-18)15-23(34-22)30(25(27)31)9-2-1-8-28-10-12-29(13-11-28)20-4-3-5-21-24(20)33-17-32-21/h3-7,14-15H,1-2,8-13,17H2,(H2,27,31). The van der Waals surface area contributed by atoms with Crippen molar-refractivity contribution in [2.75, 3.05) is 55.9 Å². The highest BCUT2D eigenvalue weighted by Crippen LogP contribution is 2.41. The molecule has 2 N–H and O–H groups in total. The lowest BCUT2D eigenvalue weighted by molar-refractivity contribution is 0.174. The summed E-state index contributed by atoms with van der Waals surface area (Å²) in [5.74, 6) is 1.68. The zero-order valence-corrected chi connectivity index (χ0v) is 19.7. The smallest absolute Gasteiger partial charge is 0.319 e. The predicted molar refractivity (Wildman–Crippen MR) is 134 cm³/mol. The summed E-state index contributed by atoms with van der Waals surface area (Å²) in [6.45, 7) is 5.73. The van der Waals surface area contributed by atoms with E-state index < -0.39 is 6.03 Å². The molecule has 0 saturated carbocycles. The van der Waals surface area contributed by atoms with Crippen LogP contribution in [0.25, 0.3) is 10.1 Å². The molecule has 0 atom stereocenters. The van der Waals surface area contributed by atoms with Gasteiger partial charge in [0, 0.05) is 37.4 Å². The van der Waals surface area contributed by atoms with E-state index in [9.17, 15) is 4.79 Å². The summed E-state index contributed by atoms with van der Waals surface area (Å²) in [6, 6.07) is 15.3. The van der Waals surface area contributed by atoms with Crippen molar-refractivity contribution in [3.05, 3.63) is 48.0 Å². The Bertz CT molecular complexity index is 1230. The van der Waals surface area contributed by atoms with Crippen LogP contribution in [0.2, 0.25) is 0 Å². The molecule has 1 aromatic heterocycles. The first-order chi connectivity index (χ1) is 16.6. The Labute approximate surface area is 202 Å². The van der Waals surface area contributed by atoms with Gasteiger partial charge in [0.1, 0.15) is 5.00 Å². The van der Waals surface area contributed by atoms with Gasteiger partial charge in [0.2, 0.25) is 6.79 Å². The third-order valence-electron chi connectivity index (χ3n) is 6.36. The molecular formula is C25H27N5O3S. The Morgan fingerprint density at radius 2 is 1.97 bits per heavy atom. The number of amides is 2. The van der Waals surface area contributed by atoms with Crippen LogP contribution in [0.3, 0.4) is 0 Å². The predicted octanol–water partition coefficient (Wildman–Crippen LogP) is 3.99. The summed E-state index contributed by atoms with van der Waals surface area (Å²) in [5.41, 5.74) is 7.41. The molecule has 9 heteroatoms. The van der Waals surface area contributed by atoms with Crippen LogP contribution in [0, 0.1) is 11.3 Å². The van der Waals surface area contributed by atoms with Crippen LogP contribution >= 0.6 is 11.3 Å². The SMILES string of the molecule is N#Cc1ccc2sc(N(CCCCN3CCN(c4cccc5c4OCO5)CC3)C(N)=O)cc2c1. The molecule has 176 valence electrons. The maximum Gasteiger partial charge on any atom is 0.319 e. The number of nitrogens with zero attached hydrogens (tertiary/aromatic N) is 4. The zero-order chi connectivity index (χ0) is 23.5. The van der Waals surface area contributed by atoms with Crippen LogP contribution in [0.5, 0.6) is 11.5 Å². The minimum atomic E-state index is -0.442. The van der Waals surface area contributed by atoms with Gasteiger partial charge in [-0.1, -0.05) is 6.07 Å². The Hall–Kier alpha value is -3.48. The van der Waals surface area contributed by atoms with Gasteiger partial charge in [0.15, 0.2) is 11.5 Å². The van der Waals surface area contributed by atoms with Crippen LogP contribution in [-0.2, 0) is 0 Å². The number of hydrogen-bond donors (Lipinski definition) is 1. The third kappa shape index (κ3) is 4.60. The number of para-hydroxylation sites is 1. The molecule has 3 heterocycles. The van der Waals surface area contributed by atoms with Crippen molar-refractivity contribution in [2.24, 2.45) is 5.73 Å². The van der Waals surface area contributed by atoms with Crippen molar-refractivity contribution in [2.45, 2.75) is 12.8 Å². The second-order valence-corrected chi connectivity index (χ2v) is 9.55. The van der Waals surface area contributed by atoms with Crippen molar-refractivity contribution in [3.63, 3.8) is 0 Å². The number of nitriles is 1. The summed E-state index contributed by atoms with van der Waals surface area (Å²) < 4.78 is 12.2. The van der Waals surface area contributed by atoms with E-state index in [2.05, 4.69) is 21.9 Å². The summed E-state index contributed by atoms with van der Waals surface area (Å²) in [7, 11) is 0. The number of primary amides is 1. The molecule has 34 heavy (non-hydrogen) atoms. The highest BCUT2D eigenvalue weighted by atomic mass is 32.1. The van der Waals surface area contributed by atoms with E-state index in [4.69, 9.17) is 20.5 Å². The van der Waals surface area contributed by atoms with E-state index >= 15 is 0 Å². The van der Waals surface area contributed by atoms with E-state index in [-0.39, 0.29) is 6.79 Å².